The lowest BCUT2D eigenvalue weighted by molar-refractivity contribution is -0.120. The van der Waals surface area contributed by atoms with E-state index in [0.29, 0.717) is 6.54 Å². The molecule has 1 aromatic rings. The van der Waals surface area contributed by atoms with Crippen LogP contribution in [0.5, 0.6) is 0 Å². The molecule has 0 aliphatic carbocycles. The Hall–Kier alpha value is -1.86. The Kier molecular flexibility index (Phi) is 4.49. The standard InChI is InChI=1S/C12H15N3O/c1-9(14)11-4-2-3-10(7-11)8-15-12(16)5-6-13/h2-4,7,9H,5,8,14H2,1H3,(H,15,16). The molecule has 0 bridgehead atoms. The van der Waals surface area contributed by atoms with Gasteiger partial charge in [0.2, 0.25) is 5.91 Å². The summed E-state index contributed by atoms with van der Waals surface area (Å²) in [4.78, 5) is 11.1. The fourth-order valence-electron chi connectivity index (χ4n) is 1.32. The quantitative estimate of drug-likeness (QED) is 0.796. The summed E-state index contributed by atoms with van der Waals surface area (Å²) in [5.74, 6) is -0.256. The Morgan fingerprint density at radius 1 is 1.62 bits per heavy atom. The minimum atomic E-state index is -0.256. The first-order valence-electron chi connectivity index (χ1n) is 5.11. The maximum atomic E-state index is 11.1. The van der Waals surface area contributed by atoms with Gasteiger partial charge in [0.25, 0.3) is 0 Å². The highest BCUT2D eigenvalue weighted by Gasteiger charge is 2.02. The maximum absolute atomic E-state index is 11.1. The van der Waals surface area contributed by atoms with E-state index in [9.17, 15) is 4.79 Å². The van der Waals surface area contributed by atoms with Crippen LogP contribution < -0.4 is 11.1 Å². The van der Waals surface area contributed by atoms with E-state index in [-0.39, 0.29) is 18.4 Å². The number of carbonyl (C=O) groups excluding carboxylic acids is 1. The van der Waals surface area contributed by atoms with Crippen LogP contribution in [0.4, 0.5) is 0 Å². The molecule has 0 aromatic heterocycles. The maximum Gasteiger partial charge on any atom is 0.234 e. The third kappa shape index (κ3) is 3.71. The second-order valence-corrected chi connectivity index (χ2v) is 3.65. The monoisotopic (exact) mass is 217 g/mol. The number of nitriles is 1. The van der Waals surface area contributed by atoms with Crippen molar-refractivity contribution in [3.8, 4) is 6.07 Å². The number of nitrogens with one attached hydrogen (secondary N) is 1. The molecule has 0 radical (unpaired) electrons. The number of nitrogens with two attached hydrogens (primary N) is 1. The van der Waals surface area contributed by atoms with Crippen LogP contribution in [-0.2, 0) is 11.3 Å². The normalized spacial score (nSPS) is 11.6. The summed E-state index contributed by atoms with van der Waals surface area (Å²) >= 11 is 0. The number of rotatable bonds is 4. The first-order chi connectivity index (χ1) is 7.63. The molecule has 0 spiro atoms. The van der Waals surface area contributed by atoms with Crippen molar-refractivity contribution in [2.75, 3.05) is 0 Å². The molecule has 1 rings (SSSR count). The second-order valence-electron chi connectivity index (χ2n) is 3.65. The molecular weight excluding hydrogens is 202 g/mol. The third-order valence-electron chi connectivity index (χ3n) is 2.21. The van der Waals surface area contributed by atoms with Crippen molar-refractivity contribution in [2.45, 2.75) is 25.9 Å². The molecule has 0 aliphatic heterocycles. The van der Waals surface area contributed by atoms with Crippen LogP contribution >= 0.6 is 0 Å². The van der Waals surface area contributed by atoms with E-state index in [1.807, 2.05) is 31.2 Å². The molecule has 0 aliphatic rings. The topological polar surface area (TPSA) is 78.9 Å². The van der Waals surface area contributed by atoms with Crippen LogP contribution in [-0.4, -0.2) is 5.91 Å². The molecule has 84 valence electrons. The van der Waals surface area contributed by atoms with E-state index in [1.54, 1.807) is 6.07 Å². The Labute approximate surface area is 95.1 Å². The van der Waals surface area contributed by atoms with Crippen LogP contribution in [0.25, 0.3) is 0 Å². The minimum Gasteiger partial charge on any atom is -0.351 e. The van der Waals surface area contributed by atoms with Crippen LogP contribution in [0.2, 0.25) is 0 Å². The van der Waals surface area contributed by atoms with Crippen molar-refractivity contribution in [1.29, 1.82) is 5.26 Å². The largest absolute Gasteiger partial charge is 0.351 e. The molecule has 0 heterocycles. The van der Waals surface area contributed by atoms with Gasteiger partial charge in [-0.25, -0.2) is 0 Å². The Balaban J connectivity index is 2.58. The van der Waals surface area contributed by atoms with E-state index < -0.39 is 0 Å². The second kappa shape index (κ2) is 5.89. The third-order valence-corrected chi connectivity index (χ3v) is 2.21. The predicted molar refractivity (Wildman–Crippen MR) is 61.1 cm³/mol. The first-order valence-corrected chi connectivity index (χ1v) is 5.11. The highest BCUT2D eigenvalue weighted by atomic mass is 16.1. The highest BCUT2D eigenvalue weighted by molar-refractivity contribution is 5.77. The van der Waals surface area contributed by atoms with Crippen molar-refractivity contribution in [2.24, 2.45) is 5.73 Å². The summed E-state index contributed by atoms with van der Waals surface area (Å²) < 4.78 is 0. The number of benzene rings is 1. The zero-order valence-electron chi connectivity index (χ0n) is 9.23. The number of nitrogens with zero attached hydrogens (tertiary/aromatic N) is 1. The first kappa shape index (κ1) is 12.2. The molecule has 0 saturated heterocycles. The van der Waals surface area contributed by atoms with Crippen molar-refractivity contribution >= 4 is 5.91 Å². The molecule has 0 saturated carbocycles. The molecule has 0 fully saturated rings. The van der Waals surface area contributed by atoms with E-state index in [2.05, 4.69) is 5.32 Å². The molecule has 3 N–H and O–H groups in total. The van der Waals surface area contributed by atoms with Gasteiger partial charge in [0, 0.05) is 12.6 Å². The summed E-state index contributed by atoms with van der Waals surface area (Å²) in [6, 6.07) is 9.51. The number of amides is 1. The number of carbonyl (C=O) groups is 1. The zero-order valence-corrected chi connectivity index (χ0v) is 9.23. The minimum absolute atomic E-state index is 0.0187. The lowest BCUT2D eigenvalue weighted by Gasteiger charge is -2.08. The fourth-order valence-corrected chi connectivity index (χ4v) is 1.32. The fraction of sp³-hybridized carbons (Fsp3) is 0.333. The lowest BCUT2D eigenvalue weighted by atomic mass is 10.1. The average molecular weight is 217 g/mol. The SMILES string of the molecule is CC(N)c1cccc(CNC(=O)CC#N)c1. The van der Waals surface area contributed by atoms with Gasteiger partial charge in [-0.05, 0) is 18.1 Å². The number of hydrogen-bond donors (Lipinski definition) is 2. The number of hydrogen-bond acceptors (Lipinski definition) is 3. The van der Waals surface area contributed by atoms with Gasteiger partial charge < -0.3 is 11.1 Å². The summed E-state index contributed by atoms with van der Waals surface area (Å²) in [7, 11) is 0. The molecule has 16 heavy (non-hydrogen) atoms. The van der Waals surface area contributed by atoms with Crippen LogP contribution in [0, 0.1) is 11.3 Å². The molecule has 4 heteroatoms. The van der Waals surface area contributed by atoms with Crippen LogP contribution in [0.15, 0.2) is 24.3 Å². The van der Waals surface area contributed by atoms with Gasteiger partial charge in [0.1, 0.15) is 6.42 Å². The molecule has 4 nitrogen and oxygen atoms in total. The smallest absolute Gasteiger partial charge is 0.234 e. The van der Waals surface area contributed by atoms with E-state index in [0.717, 1.165) is 11.1 Å². The van der Waals surface area contributed by atoms with E-state index in [4.69, 9.17) is 11.0 Å². The van der Waals surface area contributed by atoms with E-state index in [1.165, 1.54) is 0 Å². The molecule has 1 amide bonds. The van der Waals surface area contributed by atoms with Gasteiger partial charge in [0.05, 0.1) is 6.07 Å². The van der Waals surface area contributed by atoms with Gasteiger partial charge in [-0.1, -0.05) is 24.3 Å². The van der Waals surface area contributed by atoms with Crippen LogP contribution in [0.1, 0.15) is 30.5 Å². The molecule has 1 aromatic carbocycles. The lowest BCUT2D eigenvalue weighted by Crippen LogP contribution is -2.22. The summed E-state index contributed by atoms with van der Waals surface area (Å²) in [6.45, 7) is 2.34. The Morgan fingerprint density at radius 3 is 3.00 bits per heavy atom. The van der Waals surface area contributed by atoms with Crippen molar-refractivity contribution in [3.05, 3.63) is 35.4 Å². The Morgan fingerprint density at radius 2 is 2.38 bits per heavy atom. The summed E-state index contributed by atoms with van der Waals surface area (Å²) in [5, 5.41) is 11.0. The van der Waals surface area contributed by atoms with E-state index >= 15 is 0 Å². The molecule has 1 atom stereocenters. The van der Waals surface area contributed by atoms with Gasteiger partial charge in [-0.15, -0.1) is 0 Å². The van der Waals surface area contributed by atoms with Gasteiger partial charge in [-0.3, -0.25) is 4.79 Å². The predicted octanol–water partition coefficient (Wildman–Crippen LogP) is 1.24. The average Bonchev–Trinajstić information content (AvgIpc) is 2.27. The summed E-state index contributed by atoms with van der Waals surface area (Å²) in [6.07, 6.45) is -0.104. The van der Waals surface area contributed by atoms with Gasteiger partial charge in [0.15, 0.2) is 0 Å². The Bertz CT molecular complexity index is 407. The highest BCUT2D eigenvalue weighted by Crippen LogP contribution is 2.11. The molecular formula is C12H15N3O. The molecule has 1 unspecified atom stereocenters. The zero-order chi connectivity index (χ0) is 12.0. The van der Waals surface area contributed by atoms with Crippen molar-refractivity contribution < 1.29 is 4.79 Å². The van der Waals surface area contributed by atoms with Crippen molar-refractivity contribution in [1.82, 2.24) is 5.32 Å². The van der Waals surface area contributed by atoms with Gasteiger partial charge in [-0.2, -0.15) is 5.26 Å². The van der Waals surface area contributed by atoms with Crippen molar-refractivity contribution in [3.63, 3.8) is 0 Å². The van der Waals surface area contributed by atoms with Crippen LogP contribution in [0.3, 0.4) is 0 Å². The van der Waals surface area contributed by atoms with Gasteiger partial charge >= 0.3 is 0 Å². The summed E-state index contributed by atoms with van der Waals surface area (Å²) in [5.41, 5.74) is 7.78.